The summed E-state index contributed by atoms with van der Waals surface area (Å²) >= 11 is 7.37. The molecule has 0 radical (unpaired) electrons. The van der Waals surface area contributed by atoms with Crippen LogP contribution in [0.3, 0.4) is 0 Å². The van der Waals surface area contributed by atoms with Gasteiger partial charge in [0, 0.05) is 5.02 Å². The van der Waals surface area contributed by atoms with Gasteiger partial charge in [-0.25, -0.2) is 0 Å². The lowest BCUT2D eigenvalue weighted by molar-refractivity contribution is 0.225. The Labute approximate surface area is 115 Å². The Bertz CT molecular complexity index is 530. The minimum Gasteiger partial charge on any atom is -0.483 e. The molecule has 4 nitrogen and oxygen atoms in total. The highest BCUT2D eigenvalue weighted by Crippen LogP contribution is 2.27. The van der Waals surface area contributed by atoms with Gasteiger partial charge in [-0.05, 0) is 32.0 Å². The number of hydrogen-bond donors (Lipinski definition) is 1. The van der Waals surface area contributed by atoms with Crippen molar-refractivity contribution in [2.45, 2.75) is 26.0 Å². The van der Waals surface area contributed by atoms with Crippen LogP contribution in [0.5, 0.6) is 5.75 Å². The summed E-state index contributed by atoms with van der Waals surface area (Å²) in [5.41, 5.74) is 5.75. The standard InChI is InChI=1S/C12H14ClN3OS/c1-7(14)11-15-16-12(18-11)8(2)17-10-5-3-4-9(13)6-10/h3-8H,14H2,1-2H3. The summed E-state index contributed by atoms with van der Waals surface area (Å²) in [6, 6.07) is 7.17. The first-order valence-corrected chi connectivity index (χ1v) is 6.77. The molecule has 0 bridgehead atoms. The van der Waals surface area contributed by atoms with Crippen molar-refractivity contribution in [3.63, 3.8) is 0 Å². The van der Waals surface area contributed by atoms with Gasteiger partial charge in [0.15, 0.2) is 5.01 Å². The molecule has 2 atom stereocenters. The normalized spacial score (nSPS) is 14.2. The number of ether oxygens (including phenoxy) is 1. The Morgan fingerprint density at radius 2 is 2.00 bits per heavy atom. The lowest BCUT2D eigenvalue weighted by atomic mass is 10.3. The molecule has 0 aliphatic carbocycles. The second kappa shape index (κ2) is 5.65. The average molecular weight is 284 g/mol. The van der Waals surface area contributed by atoms with Gasteiger partial charge in [0.25, 0.3) is 0 Å². The number of rotatable bonds is 4. The van der Waals surface area contributed by atoms with Gasteiger partial charge in [-0.1, -0.05) is 29.0 Å². The van der Waals surface area contributed by atoms with Gasteiger partial charge in [0.2, 0.25) is 0 Å². The van der Waals surface area contributed by atoms with Crippen molar-refractivity contribution in [3.8, 4) is 5.75 Å². The summed E-state index contributed by atoms with van der Waals surface area (Å²) in [6.45, 7) is 3.80. The molecule has 0 saturated heterocycles. The molecule has 0 aliphatic rings. The highest BCUT2D eigenvalue weighted by atomic mass is 35.5. The lowest BCUT2D eigenvalue weighted by Crippen LogP contribution is -2.03. The average Bonchev–Trinajstić information content (AvgIpc) is 2.78. The number of aromatic nitrogens is 2. The molecular weight excluding hydrogens is 270 g/mol. The van der Waals surface area contributed by atoms with Gasteiger partial charge in [0.05, 0.1) is 6.04 Å². The Balaban J connectivity index is 2.09. The van der Waals surface area contributed by atoms with Crippen LogP contribution in [-0.2, 0) is 0 Å². The van der Waals surface area contributed by atoms with Crippen molar-refractivity contribution in [2.24, 2.45) is 5.73 Å². The molecule has 18 heavy (non-hydrogen) atoms. The van der Waals surface area contributed by atoms with Gasteiger partial charge in [-0.15, -0.1) is 10.2 Å². The van der Waals surface area contributed by atoms with Gasteiger partial charge >= 0.3 is 0 Å². The fraction of sp³-hybridized carbons (Fsp3) is 0.333. The van der Waals surface area contributed by atoms with E-state index in [1.54, 1.807) is 12.1 Å². The molecule has 1 heterocycles. The summed E-state index contributed by atoms with van der Waals surface area (Å²) in [5.74, 6) is 0.715. The van der Waals surface area contributed by atoms with E-state index in [9.17, 15) is 0 Å². The van der Waals surface area contributed by atoms with Crippen molar-refractivity contribution in [1.29, 1.82) is 0 Å². The Hall–Kier alpha value is -1.17. The van der Waals surface area contributed by atoms with E-state index in [0.29, 0.717) is 10.8 Å². The summed E-state index contributed by atoms with van der Waals surface area (Å²) in [6.07, 6.45) is -0.173. The van der Waals surface area contributed by atoms with E-state index in [2.05, 4.69) is 10.2 Å². The van der Waals surface area contributed by atoms with E-state index in [0.717, 1.165) is 10.0 Å². The quantitative estimate of drug-likeness (QED) is 0.935. The van der Waals surface area contributed by atoms with E-state index < -0.39 is 0 Å². The summed E-state index contributed by atoms with van der Waals surface area (Å²) in [4.78, 5) is 0. The van der Waals surface area contributed by atoms with Crippen LogP contribution in [0.25, 0.3) is 0 Å². The fourth-order valence-electron chi connectivity index (χ4n) is 1.39. The molecule has 2 aromatic rings. The first-order chi connectivity index (χ1) is 8.56. The molecule has 96 valence electrons. The minimum absolute atomic E-state index is 0.102. The van der Waals surface area contributed by atoms with E-state index in [-0.39, 0.29) is 12.1 Å². The third kappa shape index (κ3) is 3.19. The van der Waals surface area contributed by atoms with Crippen LogP contribution in [0, 0.1) is 0 Å². The maximum atomic E-state index is 5.90. The van der Waals surface area contributed by atoms with Crippen molar-refractivity contribution in [2.75, 3.05) is 0 Å². The maximum absolute atomic E-state index is 5.90. The van der Waals surface area contributed by atoms with Crippen LogP contribution in [0.4, 0.5) is 0 Å². The smallest absolute Gasteiger partial charge is 0.158 e. The zero-order valence-corrected chi connectivity index (χ0v) is 11.7. The molecule has 2 N–H and O–H groups in total. The summed E-state index contributed by atoms with van der Waals surface area (Å²) in [7, 11) is 0. The van der Waals surface area contributed by atoms with Gasteiger partial charge in [-0.2, -0.15) is 0 Å². The molecular formula is C12H14ClN3OS. The van der Waals surface area contributed by atoms with E-state index in [1.807, 2.05) is 26.0 Å². The van der Waals surface area contributed by atoms with Crippen LogP contribution in [0.2, 0.25) is 5.02 Å². The molecule has 0 spiro atoms. The second-order valence-corrected chi connectivity index (χ2v) is 5.46. The summed E-state index contributed by atoms with van der Waals surface area (Å²) < 4.78 is 5.76. The predicted molar refractivity (Wildman–Crippen MR) is 73.0 cm³/mol. The molecule has 0 aliphatic heterocycles. The maximum Gasteiger partial charge on any atom is 0.158 e. The fourth-order valence-corrected chi connectivity index (χ4v) is 2.35. The highest BCUT2D eigenvalue weighted by molar-refractivity contribution is 7.11. The number of hydrogen-bond acceptors (Lipinski definition) is 5. The van der Waals surface area contributed by atoms with Gasteiger partial charge in [-0.3, -0.25) is 0 Å². The molecule has 0 saturated carbocycles. The Morgan fingerprint density at radius 1 is 1.28 bits per heavy atom. The number of nitrogens with two attached hydrogens (primary N) is 1. The van der Waals surface area contributed by atoms with E-state index in [4.69, 9.17) is 22.1 Å². The molecule has 1 aromatic carbocycles. The third-order valence-corrected chi connectivity index (χ3v) is 3.82. The summed E-state index contributed by atoms with van der Waals surface area (Å²) in [5, 5.41) is 10.4. The number of nitrogens with zero attached hydrogens (tertiary/aromatic N) is 2. The lowest BCUT2D eigenvalue weighted by Gasteiger charge is -2.11. The minimum atomic E-state index is -0.173. The first-order valence-electron chi connectivity index (χ1n) is 5.57. The zero-order valence-electron chi connectivity index (χ0n) is 10.1. The SMILES string of the molecule is CC(N)c1nnc(C(C)Oc2cccc(Cl)c2)s1. The van der Waals surface area contributed by atoms with Crippen molar-refractivity contribution in [1.82, 2.24) is 10.2 Å². The molecule has 0 amide bonds. The van der Waals surface area contributed by atoms with Crippen molar-refractivity contribution >= 4 is 22.9 Å². The van der Waals surface area contributed by atoms with Crippen LogP contribution >= 0.6 is 22.9 Å². The molecule has 2 unspecified atom stereocenters. The Morgan fingerprint density at radius 3 is 2.61 bits per heavy atom. The third-order valence-electron chi connectivity index (χ3n) is 2.30. The molecule has 1 aromatic heterocycles. The van der Waals surface area contributed by atoms with Crippen LogP contribution in [0.15, 0.2) is 24.3 Å². The first kappa shape index (κ1) is 13.3. The van der Waals surface area contributed by atoms with Crippen LogP contribution in [0.1, 0.15) is 36.0 Å². The second-order valence-electron chi connectivity index (χ2n) is 3.98. The highest BCUT2D eigenvalue weighted by Gasteiger charge is 2.15. The zero-order chi connectivity index (χ0) is 13.1. The monoisotopic (exact) mass is 283 g/mol. The van der Waals surface area contributed by atoms with E-state index in [1.165, 1.54) is 11.3 Å². The Kier molecular flexibility index (Phi) is 4.16. The number of benzene rings is 1. The predicted octanol–water partition coefficient (Wildman–Crippen LogP) is 3.35. The van der Waals surface area contributed by atoms with Crippen molar-refractivity contribution < 1.29 is 4.74 Å². The molecule has 2 rings (SSSR count). The molecule has 6 heteroatoms. The molecule has 0 fully saturated rings. The number of halogens is 1. The van der Waals surface area contributed by atoms with Crippen LogP contribution < -0.4 is 10.5 Å². The van der Waals surface area contributed by atoms with Gasteiger partial charge < -0.3 is 10.5 Å². The topological polar surface area (TPSA) is 61.0 Å². The van der Waals surface area contributed by atoms with Crippen molar-refractivity contribution in [3.05, 3.63) is 39.3 Å². The van der Waals surface area contributed by atoms with Crippen LogP contribution in [-0.4, -0.2) is 10.2 Å². The largest absolute Gasteiger partial charge is 0.483 e. The van der Waals surface area contributed by atoms with Gasteiger partial charge in [0.1, 0.15) is 16.9 Å². The van der Waals surface area contributed by atoms with E-state index >= 15 is 0 Å².